The number of benzene rings is 1. The van der Waals surface area contributed by atoms with Gasteiger partial charge in [-0.3, -0.25) is 0 Å². The SMILES string of the molecule is CC(O)n1nnc2cc(C#N)ccc21. The largest absolute Gasteiger partial charge is 0.372 e. The van der Waals surface area contributed by atoms with Crippen LogP contribution in [0.3, 0.4) is 0 Å². The molecule has 0 saturated heterocycles. The molecule has 70 valence electrons. The van der Waals surface area contributed by atoms with Crippen molar-refractivity contribution < 1.29 is 5.11 Å². The molecule has 0 aliphatic carbocycles. The third kappa shape index (κ3) is 1.22. The summed E-state index contributed by atoms with van der Waals surface area (Å²) in [6, 6.07) is 7.05. The third-order valence-electron chi connectivity index (χ3n) is 1.95. The van der Waals surface area contributed by atoms with E-state index in [1.165, 1.54) is 4.68 Å². The lowest BCUT2D eigenvalue weighted by molar-refractivity contribution is 0.113. The van der Waals surface area contributed by atoms with Crippen LogP contribution >= 0.6 is 0 Å². The van der Waals surface area contributed by atoms with Gasteiger partial charge in [0, 0.05) is 0 Å². The summed E-state index contributed by atoms with van der Waals surface area (Å²) in [5.41, 5.74) is 1.87. The van der Waals surface area contributed by atoms with Gasteiger partial charge in [-0.1, -0.05) is 5.21 Å². The van der Waals surface area contributed by atoms with Crippen LogP contribution in [0.5, 0.6) is 0 Å². The first-order chi connectivity index (χ1) is 6.72. The molecule has 0 fully saturated rings. The van der Waals surface area contributed by atoms with E-state index >= 15 is 0 Å². The number of aliphatic hydroxyl groups excluding tert-OH is 1. The van der Waals surface area contributed by atoms with Crippen molar-refractivity contribution in [1.29, 1.82) is 5.26 Å². The van der Waals surface area contributed by atoms with Crippen LogP contribution in [0.1, 0.15) is 18.7 Å². The minimum Gasteiger partial charge on any atom is -0.372 e. The fourth-order valence-corrected chi connectivity index (χ4v) is 1.29. The second-order valence-electron chi connectivity index (χ2n) is 2.98. The molecule has 1 aromatic carbocycles. The monoisotopic (exact) mass is 188 g/mol. The van der Waals surface area contributed by atoms with Crippen molar-refractivity contribution >= 4 is 11.0 Å². The first-order valence-corrected chi connectivity index (χ1v) is 4.15. The molecule has 0 aliphatic heterocycles. The van der Waals surface area contributed by atoms with Gasteiger partial charge < -0.3 is 5.11 Å². The van der Waals surface area contributed by atoms with Gasteiger partial charge >= 0.3 is 0 Å². The molecule has 5 nitrogen and oxygen atoms in total. The molecular weight excluding hydrogens is 180 g/mol. The van der Waals surface area contributed by atoms with Crippen LogP contribution in [0.15, 0.2) is 18.2 Å². The number of rotatable bonds is 1. The van der Waals surface area contributed by atoms with Crippen LogP contribution in [0.2, 0.25) is 0 Å². The number of hydrogen-bond donors (Lipinski definition) is 1. The fraction of sp³-hybridized carbons (Fsp3) is 0.222. The molecule has 0 spiro atoms. The van der Waals surface area contributed by atoms with Gasteiger partial charge in [0.15, 0.2) is 0 Å². The van der Waals surface area contributed by atoms with Gasteiger partial charge in [0.2, 0.25) is 0 Å². The van der Waals surface area contributed by atoms with Gasteiger partial charge in [-0.05, 0) is 25.1 Å². The van der Waals surface area contributed by atoms with Crippen molar-refractivity contribution in [2.75, 3.05) is 0 Å². The Bertz CT molecular complexity index is 509. The lowest BCUT2D eigenvalue weighted by Crippen LogP contribution is -2.05. The van der Waals surface area contributed by atoms with E-state index in [0.29, 0.717) is 11.1 Å². The molecular formula is C9H8N4O. The third-order valence-corrected chi connectivity index (χ3v) is 1.95. The minimum absolute atomic E-state index is 0.537. The zero-order chi connectivity index (χ0) is 10.1. The van der Waals surface area contributed by atoms with Crippen molar-refractivity contribution in [2.24, 2.45) is 0 Å². The zero-order valence-electron chi connectivity index (χ0n) is 7.55. The van der Waals surface area contributed by atoms with E-state index in [0.717, 1.165) is 5.52 Å². The highest BCUT2D eigenvalue weighted by Gasteiger charge is 2.08. The quantitative estimate of drug-likeness (QED) is 0.718. The molecule has 0 amide bonds. The second-order valence-corrected chi connectivity index (χ2v) is 2.98. The van der Waals surface area contributed by atoms with Crippen LogP contribution in [-0.4, -0.2) is 20.1 Å². The number of aliphatic hydroxyl groups is 1. The molecule has 1 atom stereocenters. The summed E-state index contributed by atoms with van der Waals surface area (Å²) < 4.78 is 1.40. The van der Waals surface area contributed by atoms with Gasteiger partial charge in [0.05, 0.1) is 17.1 Å². The van der Waals surface area contributed by atoms with Crippen molar-refractivity contribution in [2.45, 2.75) is 13.2 Å². The predicted molar refractivity (Wildman–Crippen MR) is 49.2 cm³/mol. The van der Waals surface area contributed by atoms with Gasteiger partial charge in [0.1, 0.15) is 11.7 Å². The van der Waals surface area contributed by atoms with E-state index in [-0.39, 0.29) is 0 Å². The molecule has 1 unspecified atom stereocenters. The molecule has 2 aromatic rings. The van der Waals surface area contributed by atoms with Crippen molar-refractivity contribution in [3.63, 3.8) is 0 Å². The van der Waals surface area contributed by atoms with Crippen LogP contribution in [0.4, 0.5) is 0 Å². The van der Waals surface area contributed by atoms with Crippen LogP contribution in [0.25, 0.3) is 11.0 Å². The lowest BCUT2D eigenvalue weighted by Gasteiger charge is -2.03. The Morgan fingerprint density at radius 1 is 1.57 bits per heavy atom. The standard InChI is InChI=1S/C9H8N4O/c1-6(14)13-9-3-2-7(5-10)4-8(9)11-12-13/h2-4,6,14H,1H3. The Kier molecular flexibility index (Phi) is 1.91. The van der Waals surface area contributed by atoms with E-state index in [1.807, 2.05) is 6.07 Å². The molecule has 1 heterocycles. The summed E-state index contributed by atoms with van der Waals surface area (Å²) in [5.74, 6) is 0. The summed E-state index contributed by atoms with van der Waals surface area (Å²) in [7, 11) is 0. The number of nitriles is 1. The maximum absolute atomic E-state index is 9.33. The molecule has 0 bridgehead atoms. The second kappa shape index (κ2) is 3.09. The van der Waals surface area contributed by atoms with Crippen molar-refractivity contribution in [3.8, 4) is 6.07 Å². The fourth-order valence-electron chi connectivity index (χ4n) is 1.29. The number of hydrogen-bond acceptors (Lipinski definition) is 4. The van der Waals surface area contributed by atoms with Gasteiger partial charge in [-0.2, -0.15) is 5.26 Å². The number of aromatic nitrogens is 3. The van der Waals surface area contributed by atoms with E-state index < -0.39 is 6.23 Å². The Balaban J connectivity index is 2.67. The van der Waals surface area contributed by atoms with Crippen molar-refractivity contribution in [1.82, 2.24) is 15.0 Å². The predicted octanol–water partition coefficient (Wildman–Crippen LogP) is 0.814. The number of nitrogens with zero attached hydrogens (tertiary/aromatic N) is 4. The first kappa shape index (κ1) is 8.66. The van der Waals surface area contributed by atoms with Crippen molar-refractivity contribution in [3.05, 3.63) is 23.8 Å². The van der Waals surface area contributed by atoms with Crippen LogP contribution in [-0.2, 0) is 0 Å². The molecule has 14 heavy (non-hydrogen) atoms. The molecule has 0 radical (unpaired) electrons. The summed E-state index contributed by atoms with van der Waals surface area (Å²) in [6.07, 6.45) is -0.715. The smallest absolute Gasteiger partial charge is 0.146 e. The van der Waals surface area contributed by atoms with E-state index in [9.17, 15) is 5.11 Å². The number of fused-ring (bicyclic) bond motifs is 1. The Hall–Kier alpha value is -1.93. The zero-order valence-corrected chi connectivity index (χ0v) is 7.55. The normalized spacial score (nSPS) is 12.6. The van der Waals surface area contributed by atoms with E-state index in [4.69, 9.17) is 5.26 Å². The summed E-state index contributed by atoms with van der Waals surface area (Å²) in [6.45, 7) is 1.60. The van der Waals surface area contributed by atoms with Gasteiger partial charge in [-0.15, -0.1) is 5.10 Å². The molecule has 2 rings (SSSR count). The Morgan fingerprint density at radius 3 is 3.00 bits per heavy atom. The average Bonchev–Trinajstić information content (AvgIpc) is 2.59. The van der Waals surface area contributed by atoms with Gasteiger partial charge in [-0.25, -0.2) is 4.68 Å². The van der Waals surface area contributed by atoms with E-state index in [2.05, 4.69) is 10.3 Å². The average molecular weight is 188 g/mol. The van der Waals surface area contributed by atoms with E-state index in [1.54, 1.807) is 25.1 Å². The van der Waals surface area contributed by atoms with Crippen LogP contribution < -0.4 is 0 Å². The topological polar surface area (TPSA) is 74.7 Å². The Morgan fingerprint density at radius 2 is 2.36 bits per heavy atom. The highest BCUT2D eigenvalue weighted by molar-refractivity contribution is 5.75. The molecule has 1 aromatic heterocycles. The summed E-state index contributed by atoms with van der Waals surface area (Å²) >= 11 is 0. The maximum atomic E-state index is 9.33. The molecule has 5 heteroatoms. The maximum Gasteiger partial charge on any atom is 0.146 e. The highest BCUT2D eigenvalue weighted by atomic mass is 16.3. The summed E-state index contributed by atoms with van der Waals surface area (Å²) in [4.78, 5) is 0. The Labute approximate surface area is 80.2 Å². The summed E-state index contributed by atoms with van der Waals surface area (Å²) in [5, 5.41) is 25.6. The molecule has 0 aliphatic rings. The van der Waals surface area contributed by atoms with Gasteiger partial charge in [0.25, 0.3) is 0 Å². The lowest BCUT2D eigenvalue weighted by atomic mass is 10.2. The first-order valence-electron chi connectivity index (χ1n) is 4.15. The molecule has 0 saturated carbocycles. The van der Waals surface area contributed by atoms with Crippen LogP contribution in [0, 0.1) is 11.3 Å². The minimum atomic E-state index is -0.715. The molecule has 1 N–H and O–H groups in total. The highest BCUT2D eigenvalue weighted by Crippen LogP contribution is 2.15.